The highest BCUT2D eigenvalue weighted by Gasteiger charge is 2.13. The molecule has 0 fully saturated rings. The van der Waals surface area contributed by atoms with Crippen molar-refractivity contribution in [1.82, 2.24) is 15.7 Å². The Balaban J connectivity index is 1.64. The van der Waals surface area contributed by atoms with Crippen LogP contribution >= 0.6 is 11.3 Å². The summed E-state index contributed by atoms with van der Waals surface area (Å²) in [7, 11) is 0. The van der Waals surface area contributed by atoms with Crippen LogP contribution in [0.4, 0.5) is 0 Å². The summed E-state index contributed by atoms with van der Waals surface area (Å²) >= 11 is 1.67. The zero-order valence-electron chi connectivity index (χ0n) is 13.0. The number of nitrogens with one attached hydrogen (secondary N) is 2. The molecule has 1 aliphatic heterocycles. The van der Waals surface area contributed by atoms with Crippen LogP contribution in [-0.4, -0.2) is 29.1 Å². The van der Waals surface area contributed by atoms with Gasteiger partial charge in [0.05, 0.1) is 10.7 Å². The van der Waals surface area contributed by atoms with Crippen molar-refractivity contribution in [2.45, 2.75) is 51.9 Å². The van der Waals surface area contributed by atoms with Crippen LogP contribution in [-0.2, 0) is 16.0 Å². The zero-order chi connectivity index (χ0) is 15.9. The molecule has 6 nitrogen and oxygen atoms in total. The average Bonchev–Trinajstić information content (AvgIpc) is 2.96. The number of amides is 2. The van der Waals surface area contributed by atoms with Gasteiger partial charge in [-0.1, -0.05) is 13.8 Å². The Labute approximate surface area is 134 Å². The van der Waals surface area contributed by atoms with E-state index in [1.54, 1.807) is 11.3 Å². The molecule has 1 aliphatic rings. The van der Waals surface area contributed by atoms with Crippen LogP contribution in [0, 0.1) is 0 Å². The van der Waals surface area contributed by atoms with Crippen molar-refractivity contribution in [2.24, 2.45) is 5.10 Å². The molecule has 0 aromatic carbocycles. The van der Waals surface area contributed by atoms with Gasteiger partial charge in [0.15, 0.2) is 0 Å². The third-order valence-electron chi connectivity index (χ3n) is 3.39. The number of carbonyl (C=O) groups is 2. The van der Waals surface area contributed by atoms with Crippen molar-refractivity contribution in [3.8, 4) is 0 Å². The molecule has 2 heterocycles. The van der Waals surface area contributed by atoms with Crippen molar-refractivity contribution in [3.05, 3.63) is 16.1 Å². The van der Waals surface area contributed by atoms with Gasteiger partial charge in [0.1, 0.15) is 0 Å². The number of thiazole rings is 1. The van der Waals surface area contributed by atoms with Gasteiger partial charge in [0.2, 0.25) is 11.8 Å². The summed E-state index contributed by atoms with van der Waals surface area (Å²) < 4.78 is 0. The second-order valence-electron chi connectivity index (χ2n) is 5.64. The van der Waals surface area contributed by atoms with E-state index in [-0.39, 0.29) is 11.8 Å². The highest BCUT2D eigenvalue weighted by molar-refractivity contribution is 7.09. The predicted octanol–water partition coefficient (Wildman–Crippen LogP) is 1.97. The molecule has 2 amide bonds. The second kappa shape index (κ2) is 8.03. The lowest BCUT2D eigenvalue weighted by Gasteiger charge is -2.11. The number of aromatic nitrogens is 1. The number of nitrogens with zero attached hydrogens (tertiary/aromatic N) is 2. The van der Waals surface area contributed by atoms with Crippen LogP contribution in [0.15, 0.2) is 10.5 Å². The monoisotopic (exact) mass is 322 g/mol. The van der Waals surface area contributed by atoms with Gasteiger partial charge in [-0.05, 0) is 12.8 Å². The highest BCUT2D eigenvalue weighted by Crippen LogP contribution is 2.19. The largest absolute Gasteiger partial charge is 0.356 e. The van der Waals surface area contributed by atoms with Gasteiger partial charge in [-0.3, -0.25) is 9.59 Å². The fraction of sp³-hybridized carbons (Fsp3) is 0.600. The van der Waals surface area contributed by atoms with E-state index in [2.05, 4.69) is 40.1 Å². The predicted molar refractivity (Wildman–Crippen MR) is 87.0 cm³/mol. The van der Waals surface area contributed by atoms with E-state index in [0.717, 1.165) is 22.8 Å². The molecule has 1 aromatic heterocycles. The van der Waals surface area contributed by atoms with Crippen LogP contribution in [0.1, 0.15) is 56.2 Å². The fourth-order valence-corrected chi connectivity index (χ4v) is 2.94. The Morgan fingerprint density at radius 3 is 2.86 bits per heavy atom. The molecule has 2 N–H and O–H groups in total. The third-order valence-corrected chi connectivity index (χ3v) is 4.58. The van der Waals surface area contributed by atoms with Gasteiger partial charge >= 0.3 is 0 Å². The molecule has 0 saturated heterocycles. The highest BCUT2D eigenvalue weighted by atomic mass is 32.1. The summed E-state index contributed by atoms with van der Waals surface area (Å²) in [5, 5.41) is 10.1. The van der Waals surface area contributed by atoms with Crippen molar-refractivity contribution in [3.63, 3.8) is 0 Å². The van der Waals surface area contributed by atoms with Crippen molar-refractivity contribution in [1.29, 1.82) is 0 Å². The van der Waals surface area contributed by atoms with Crippen LogP contribution < -0.4 is 10.7 Å². The summed E-state index contributed by atoms with van der Waals surface area (Å²) in [5.41, 5.74) is 4.36. The van der Waals surface area contributed by atoms with E-state index in [1.807, 2.05) is 0 Å². The van der Waals surface area contributed by atoms with E-state index in [4.69, 9.17) is 0 Å². The molecule has 0 atom stereocenters. The molecule has 0 saturated carbocycles. The SMILES string of the molecule is CC(C)c1nc(CCNC(=O)CCC2=NNC(=O)CC2)cs1. The molecule has 1 aromatic rings. The van der Waals surface area contributed by atoms with E-state index in [1.165, 1.54) is 0 Å². The molecule has 0 aliphatic carbocycles. The average molecular weight is 322 g/mol. The minimum Gasteiger partial charge on any atom is -0.356 e. The van der Waals surface area contributed by atoms with Gasteiger partial charge in [0, 0.05) is 42.8 Å². The molecular weight excluding hydrogens is 300 g/mol. The molecule has 120 valence electrons. The quantitative estimate of drug-likeness (QED) is 0.805. The van der Waals surface area contributed by atoms with E-state index in [9.17, 15) is 9.59 Å². The maximum absolute atomic E-state index is 11.8. The van der Waals surface area contributed by atoms with Crippen LogP contribution in [0.3, 0.4) is 0 Å². The summed E-state index contributed by atoms with van der Waals surface area (Å²) in [6.07, 6.45) is 2.87. The number of carbonyl (C=O) groups excluding carboxylic acids is 2. The van der Waals surface area contributed by atoms with Crippen LogP contribution in [0.5, 0.6) is 0 Å². The Hall–Kier alpha value is -1.76. The number of rotatable bonds is 7. The molecule has 2 rings (SSSR count). The fourth-order valence-electron chi connectivity index (χ4n) is 2.07. The molecule has 7 heteroatoms. The Morgan fingerprint density at radius 1 is 1.41 bits per heavy atom. The first-order valence-electron chi connectivity index (χ1n) is 7.60. The van der Waals surface area contributed by atoms with Crippen molar-refractivity contribution < 1.29 is 9.59 Å². The Bertz CT molecular complexity index is 566. The summed E-state index contributed by atoms with van der Waals surface area (Å²) in [4.78, 5) is 27.3. The summed E-state index contributed by atoms with van der Waals surface area (Å²) in [6.45, 7) is 4.85. The number of hydrogen-bond donors (Lipinski definition) is 2. The topological polar surface area (TPSA) is 83.4 Å². The number of hydrazone groups is 1. The standard InChI is InChI=1S/C15H22N4O2S/c1-10(2)15-17-12(9-22-15)7-8-16-13(20)5-3-11-4-6-14(21)19-18-11/h9-10H,3-8H2,1-2H3,(H,16,20)(H,19,21). The molecule has 0 bridgehead atoms. The smallest absolute Gasteiger partial charge is 0.240 e. The maximum Gasteiger partial charge on any atom is 0.240 e. The minimum absolute atomic E-state index is 0.0129. The first-order chi connectivity index (χ1) is 10.5. The first kappa shape index (κ1) is 16.6. The third kappa shape index (κ3) is 5.22. The lowest BCUT2D eigenvalue weighted by atomic mass is 10.1. The van der Waals surface area contributed by atoms with Gasteiger partial charge in [-0.25, -0.2) is 10.4 Å². The normalized spacial score (nSPS) is 14.7. The van der Waals surface area contributed by atoms with Gasteiger partial charge in [0.25, 0.3) is 0 Å². The van der Waals surface area contributed by atoms with E-state index < -0.39 is 0 Å². The van der Waals surface area contributed by atoms with Crippen LogP contribution in [0.25, 0.3) is 0 Å². The second-order valence-corrected chi connectivity index (χ2v) is 6.53. The van der Waals surface area contributed by atoms with Crippen molar-refractivity contribution in [2.75, 3.05) is 6.54 Å². The van der Waals surface area contributed by atoms with Crippen molar-refractivity contribution >= 4 is 28.9 Å². The summed E-state index contributed by atoms with van der Waals surface area (Å²) in [6, 6.07) is 0. The molecular formula is C15H22N4O2S. The molecule has 22 heavy (non-hydrogen) atoms. The van der Waals surface area contributed by atoms with Crippen LogP contribution in [0.2, 0.25) is 0 Å². The lowest BCUT2D eigenvalue weighted by molar-refractivity contribution is -0.121. The van der Waals surface area contributed by atoms with Gasteiger partial charge < -0.3 is 5.32 Å². The van der Waals surface area contributed by atoms with E-state index >= 15 is 0 Å². The molecule has 0 radical (unpaired) electrons. The first-order valence-corrected chi connectivity index (χ1v) is 8.48. The number of hydrogen-bond acceptors (Lipinski definition) is 5. The molecule has 0 spiro atoms. The van der Waals surface area contributed by atoms with E-state index in [0.29, 0.717) is 38.1 Å². The maximum atomic E-state index is 11.8. The minimum atomic E-state index is -0.0581. The summed E-state index contributed by atoms with van der Waals surface area (Å²) in [5.74, 6) is 0.404. The molecule has 0 unspecified atom stereocenters. The van der Waals surface area contributed by atoms with Gasteiger partial charge in [-0.15, -0.1) is 11.3 Å². The lowest BCUT2D eigenvalue weighted by Crippen LogP contribution is -2.28. The Morgan fingerprint density at radius 2 is 2.23 bits per heavy atom. The Kier molecular flexibility index (Phi) is 6.06. The van der Waals surface area contributed by atoms with Gasteiger partial charge in [-0.2, -0.15) is 5.10 Å². The zero-order valence-corrected chi connectivity index (χ0v) is 13.8.